The second-order valence-corrected chi connectivity index (χ2v) is 12.4. The summed E-state index contributed by atoms with van der Waals surface area (Å²) < 4.78 is 34.5. The normalized spacial score (nSPS) is 13.7. The second kappa shape index (κ2) is 15.0. The van der Waals surface area contributed by atoms with Crippen LogP contribution in [0, 0.1) is 0 Å². The predicted octanol–water partition coefficient (Wildman–Crippen LogP) is 4.86. The van der Waals surface area contributed by atoms with Crippen molar-refractivity contribution in [2.75, 3.05) is 11.4 Å². The Labute approximate surface area is 239 Å². The summed E-state index contributed by atoms with van der Waals surface area (Å²) in [5, 5.41) is -0.898. The monoisotopic (exact) mass is 525 g/mol. The van der Waals surface area contributed by atoms with E-state index in [0.717, 1.165) is 24.2 Å². The third-order valence-electron chi connectivity index (χ3n) is 6.74. The minimum atomic E-state index is -4.28. The Morgan fingerprint density at radius 1 is 0.829 bits per heavy atom. The fourth-order valence-electron chi connectivity index (χ4n) is 4.49. The van der Waals surface area contributed by atoms with E-state index in [1.807, 2.05) is 11.8 Å². The molecule has 0 fully saturated rings. The summed E-state index contributed by atoms with van der Waals surface area (Å²) in [7, 11) is -4.28. The number of hydrogen-bond acceptors (Lipinski definition) is 5. The van der Waals surface area contributed by atoms with Crippen LogP contribution >= 0.6 is 11.8 Å². The van der Waals surface area contributed by atoms with Crippen molar-refractivity contribution in [2.45, 2.75) is 106 Å². The van der Waals surface area contributed by atoms with Gasteiger partial charge in [-0.3, -0.25) is 0 Å². The largest absolute Gasteiger partial charge is 1.00 e. The molecule has 0 spiro atoms. The molecule has 0 N–H and O–H groups in total. The molecule has 0 saturated carbocycles. The molecule has 4 nitrogen and oxygen atoms in total. The number of aryl methyl sites for hydroxylation is 2. The smallest absolute Gasteiger partial charge is 0.748 e. The van der Waals surface area contributed by atoms with E-state index >= 15 is 0 Å². The van der Waals surface area contributed by atoms with E-state index in [0.29, 0.717) is 13.0 Å². The molecule has 3 rings (SSSR count). The molecule has 2 aromatic rings. The third kappa shape index (κ3) is 9.08. The molecule has 1 aliphatic heterocycles. The van der Waals surface area contributed by atoms with E-state index in [1.54, 1.807) is 0 Å². The van der Waals surface area contributed by atoms with Crippen LogP contribution in [0.4, 0.5) is 11.4 Å². The van der Waals surface area contributed by atoms with Crippen molar-refractivity contribution >= 4 is 33.3 Å². The van der Waals surface area contributed by atoms with Gasteiger partial charge in [0.05, 0.1) is 21.5 Å². The maximum atomic E-state index is 11.5. The summed E-state index contributed by atoms with van der Waals surface area (Å²) in [5.41, 5.74) is 4.94. The first-order chi connectivity index (χ1) is 16.3. The average Bonchev–Trinajstić information content (AvgIpc) is 2.81. The van der Waals surface area contributed by atoms with Gasteiger partial charge in [-0.05, 0) is 74.4 Å². The number of hydrogen-bond donors (Lipinski definition) is 0. The third-order valence-corrected chi connectivity index (χ3v) is 9.06. The Hall–Kier alpha value is -0.500. The van der Waals surface area contributed by atoms with Gasteiger partial charge in [0.25, 0.3) is 0 Å². The molecule has 1 unspecified atom stereocenters. The first-order valence-corrected chi connectivity index (χ1v) is 15.3. The molecular weight excluding hydrogens is 485 g/mol. The van der Waals surface area contributed by atoms with Crippen molar-refractivity contribution in [3.8, 4) is 0 Å². The molecule has 7 heteroatoms. The molecule has 0 bridgehead atoms. The van der Waals surface area contributed by atoms with E-state index in [4.69, 9.17) is 0 Å². The number of benzene rings is 2. The maximum Gasteiger partial charge on any atom is 1.00 e. The predicted molar refractivity (Wildman–Crippen MR) is 143 cm³/mol. The van der Waals surface area contributed by atoms with Crippen LogP contribution in [0.25, 0.3) is 0 Å². The minimum Gasteiger partial charge on any atom is -0.748 e. The molecule has 0 amide bonds. The molecule has 0 aliphatic carbocycles. The molecule has 188 valence electrons. The Morgan fingerprint density at radius 3 is 1.74 bits per heavy atom. The Morgan fingerprint density at radius 2 is 1.31 bits per heavy atom. The van der Waals surface area contributed by atoms with Crippen LogP contribution in [0.15, 0.2) is 46.2 Å². The quantitative estimate of drug-likeness (QED) is 0.200. The molecule has 0 radical (unpaired) electrons. The van der Waals surface area contributed by atoms with Gasteiger partial charge in [-0.1, -0.05) is 76.3 Å². The van der Waals surface area contributed by atoms with E-state index in [9.17, 15) is 13.0 Å². The van der Waals surface area contributed by atoms with E-state index in [1.165, 1.54) is 79.2 Å². The zero-order valence-electron chi connectivity index (χ0n) is 22.0. The molecule has 35 heavy (non-hydrogen) atoms. The van der Waals surface area contributed by atoms with Crippen molar-refractivity contribution in [2.24, 2.45) is 0 Å². The van der Waals surface area contributed by atoms with Gasteiger partial charge in [0.15, 0.2) is 0 Å². The minimum absolute atomic E-state index is 0. The fourth-order valence-corrected chi connectivity index (χ4v) is 6.11. The van der Waals surface area contributed by atoms with Gasteiger partial charge in [0, 0.05) is 21.6 Å². The summed E-state index contributed by atoms with van der Waals surface area (Å²) >= 11 is 1.82. The van der Waals surface area contributed by atoms with Gasteiger partial charge in [-0.15, -0.1) is 0 Å². The molecule has 1 atom stereocenters. The van der Waals surface area contributed by atoms with Gasteiger partial charge >= 0.3 is 29.6 Å². The Balaban J connectivity index is 0.00000432. The van der Waals surface area contributed by atoms with Crippen LogP contribution in [0.3, 0.4) is 0 Å². The molecular formula is C28H40NNaO3S2. The van der Waals surface area contributed by atoms with Crippen molar-refractivity contribution in [3.05, 3.63) is 47.5 Å². The van der Waals surface area contributed by atoms with Crippen LogP contribution in [-0.4, -0.2) is 24.8 Å². The first kappa shape index (κ1) is 30.7. The Kier molecular flexibility index (Phi) is 13.2. The van der Waals surface area contributed by atoms with Crippen LogP contribution < -0.4 is 34.5 Å². The summed E-state index contributed by atoms with van der Waals surface area (Å²) in [6, 6.07) is 13.4. The topological polar surface area (TPSA) is 60.4 Å². The standard InChI is InChI=1S/C28H41NO3S2.Na/c1-4-6-8-10-12-23-14-16-25-27(20-23)33-28-21-24(13-11-9-7-5-2)15-17-26(28)29(25)19-18-22(3)34(30,31)32;/h14-17,20-22H,4-13,18-19H2,1-3H3,(H,30,31,32);/q;+1/p-1. The molecule has 1 heterocycles. The zero-order valence-corrected chi connectivity index (χ0v) is 25.6. The van der Waals surface area contributed by atoms with Crippen LogP contribution in [0.2, 0.25) is 0 Å². The first-order valence-electron chi connectivity index (χ1n) is 13.0. The Bertz CT molecular complexity index is 981. The van der Waals surface area contributed by atoms with Crippen LogP contribution in [0.5, 0.6) is 0 Å². The number of nitrogens with zero attached hydrogens (tertiary/aromatic N) is 1. The van der Waals surface area contributed by atoms with Crippen molar-refractivity contribution in [3.63, 3.8) is 0 Å². The fraction of sp³-hybridized carbons (Fsp3) is 0.571. The summed E-state index contributed by atoms with van der Waals surface area (Å²) in [6.07, 6.45) is 12.5. The van der Waals surface area contributed by atoms with E-state index < -0.39 is 15.4 Å². The van der Waals surface area contributed by atoms with Gasteiger partial charge in [-0.25, -0.2) is 8.42 Å². The van der Waals surface area contributed by atoms with E-state index in [-0.39, 0.29) is 29.6 Å². The van der Waals surface area contributed by atoms with Gasteiger partial charge in [0.1, 0.15) is 0 Å². The molecule has 0 aromatic heterocycles. The molecule has 1 aliphatic rings. The number of rotatable bonds is 14. The van der Waals surface area contributed by atoms with Crippen LogP contribution in [0.1, 0.15) is 89.7 Å². The number of fused-ring (bicyclic) bond motifs is 2. The van der Waals surface area contributed by atoms with Crippen molar-refractivity contribution in [1.82, 2.24) is 0 Å². The number of unbranched alkanes of at least 4 members (excludes halogenated alkanes) is 6. The SMILES string of the molecule is CCCCCCc1ccc2c(c1)Sc1cc(CCCCCC)ccc1N2CCC(C)S(=O)(=O)[O-].[Na+]. The van der Waals surface area contributed by atoms with Crippen molar-refractivity contribution in [1.29, 1.82) is 0 Å². The van der Waals surface area contributed by atoms with Crippen LogP contribution in [-0.2, 0) is 23.0 Å². The number of anilines is 2. The van der Waals surface area contributed by atoms with Crippen molar-refractivity contribution < 1.29 is 42.5 Å². The zero-order chi connectivity index (χ0) is 24.6. The van der Waals surface area contributed by atoms with Gasteiger partial charge in [-0.2, -0.15) is 0 Å². The maximum absolute atomic E-state index is 11.5. The summed E-state index contributed by atoms with van der Waals surface area (Å²) in [5.74, 6) is 0. The molecule has 2 aromatic carbocycles. The van der Waals surface area contributed by atoms with E-state index in [2.05, 4.69) is 55.1 Å². The summed E-state index contributed by atoms with van der Waals surface area (Å²) in [6.45, 7) is 6.49. The van der Waals surface area contributed by atoms with Gasteiger partial charge < -0.3 is 9.45 Å². The average molecular weight is 526 g/mol. The van der Waals surface area contributed by atoms with Gasteiger partial charge in [0.2, 0.25) is 0 Å². The molecule has 0 saturated heterocycles. The second-order valence-electron chi connectivity index (χ2n) is 9.57. The summed E-state index contributed by atoms with van der Waals surface area (Å²) in [4.78, 5) is 4.66.